The summed E-state index contributed by atoms with van der Waals surface area (Å²) in [5.41, 5.74) is 7.85. The Morgan fingerprint density at radius 1 is 1.31 bits per heavy atom. The van der Waals surface area contributed by atoms with Crippen LogP contribution in [0.5, 0.6) is 5.75 Å². The number of ether oxygens (including phenoxy) is 1. The standard InChI is InChI=1S/C11H18BNO3/c1-7-4-10(12(14)15)5-8(2)11(7)16-6-9(3)13/h4-5,9,14-15H,6,13H2,1-3H3. The lowest BCUT2D eigenvalue weighted by molar-refractivity contribution is 0.292. The molecule has 0 fully saturated rings. The van der Waals surface area contributed by atoms with Crippen molar-refractivity contribution in [3.8, 4) is 5.75 Å². The van der Waals surface area contributed by atoms with Crippen molar-refractivity contribution in [3.63, 3.8) is 0 Å². The third kappa shape index (κ3) is 3.23. The Hall–Kier alpha value is -1.04. The fourth-order valence-corrected chi connectivity index (χ4v) is 1.58. The summed E-state index contributed by atoms with van der Waals surface area (Å²) in [5, 5.41) is 18.2. The Morgan fingerprint density at radius 2 is 1.81 bits per heavy atom. The van der Waals surface area contributed by atoms with Gasteiger partial charge in [0.25, 0.3) is 0 Å². The molecule has 1 aromatic carbocycles. The van der Waals surface area contributed by atoms with Gasteiger partial charge in [0.05, 0.1) is 0 Å². The molecule has 16 heavy (non-hydrogen) atoms. The number of aryl methyl sites for hydroxylation is 2. The Bertz CT molecular complexity index is 343. The number of benzene rings is 1. The summed E-state index contributed by atoms with van der Waals surface area (Å²) < 4.78 is 5.58. The monoisotopic (exact) mass is 223 g/mol. The van der Waals surface area contributed by atoms with E-state index in [1.165, 1.54) is 0 Å². The first-order chi connectivity index (χ1) is 7.41. The fraction of sp³-hybridized carbons (Fsp3) is 0.455. The lowest BCUT2D eigenvalue weighted by Gasteiger charge is -2.15. The molecular formula is C11H18BNO3. The van der Waals surface area contributed by atoms with Gasteiger partial charge < -0.3 is 20.5 Å². The Labute approximate surface area is 96.2 Å². The van der Waals surface area contributed by atoms with Gasteiger partial charge in [0.15, 0.2) is 0 Å². The van der Waals surface area contributed by atoms with Gasteiger partial charge >= 0.3 is 7.12 Å². The first-order valence-electron chi connectivity index (χ1n) is 5.27. The average Bonchev–Trinajstić information content (AvgIpc) is 2.15. The van der Waals surface area contributed by atoms with E-state index in [4.69, 9.17) is 20.5 Å². The van der Waals surface area contributed by atoms with Crippen molar-refractivity contribution in [2.24, 2.45) is 5.73 Å². The summed E-state index contributed by atoms with van der Waals surface area (Å²) in [6.07, 6.45) is 0. The fourth-order valence-electron chi connectivity index (χ4n) is 1.58. The highest BCUT2D eigenvalue weighted by molar-refractivity contribution is 6.58. The minimum atomic E-state index is -1.44. The van der Waals surface area contributed by atoms with Gasteiger partial charge in [0.2, 0.25) is 0 Å². The van der Waals surface area contributed by atoms with Crippen molar-refractivity contribution < 1.29 is 14.8 Å². The molecule has 1 atom stereocenters. The first kappa shape index (κ1) is 13.0. The van der Waals surface area contributed by atoms with Crippen LogP contribution in [0, 0.1) is 13.8 Å². The molecule has 0 amide bonds. The molecular weight excluding hydrogens is 205 g/mol. The van der Waals surface area contributed by atoms with Crippen LogP contribution in [0.3, 0.4) is 0 Å². The quantitative estimate of drug-likeness (QED) is 0.613. The van der Waals surface area contributed by atoms with Crippen LogP contribution in [0.25, 0.3) is 0 Å². The summed E-state index contributed by atoms with van der Waals surface area (Å²) in [7, 11) is -1.44. The van der Waals surface area contributed by atoms with Crippen LogP contribution in [0.2, 0.25) is 0 Å². The van der Waals surface area contributed by atoms with E-state index in [-0.39, 0.29) is 6.04 Å². The number of hydrogen-bond donors (Lipinski definition) is 3. The summed E-state index contributed by atoms with van der Waals surface area (Å²) >= 11 is 0. The third-order valence-electron chi connectivity index (χ3n) is 2.27. The summed E-state index contributed by atoms with van der Waals surface area (Å²) in [4.78, 5) is 0. The van der Waals surface area contributed by atoms with Crippen LogP contribution in [0.1, 0.15) is 18.1 Å². The predicted octanol–water partition coefficient (Wildman–Crippen LogP) is -0.291. The van der Waals surface area contributed by atoms with Gasteiger partial charge in [-0.3, -0.25) is 0 Å². The van der Waals surface area contributed by atoms with Gasteiger partial charge in [-0.25, -0.2) is 0 Å². The molecule has 0 saturated carbocycles. The zero-order valence-electron chi connectivity index (χ0n) is 9.90. The minimum Gasteiger partial charge on any atom is -0.491 e. The normalized spacial score (nSPS) is 12.4. The van der Waals surface area contributed by atoms with Crippen LogP contribution < -0.4 is 15.9 Å². The summed E-state index contributed by atoms with van der Waals surface area (Å²) in [6.45, 7) is 6.06. The van der Waals surface area contributed by atoms with Gasteiger partial charge in [-0.2, -0.15) is 0 Å². The molecule has 1 aromatic rings. The first-order valence-corrected chi connectivity index (χ1v) is 5.27. The molecule has 0 radical (unpaired) electrons. The maximum Gasteiger partial charge on any atom is 0.488 e. The Morgan fingerprint density at radius 3 is 2.19 bits per heavy atom. The van der Waals surface area contributed by atoms with E-state index in [9.17, 15) is 0 Å². The third-order valence-corrected chi connectivity index (χ3v) is 2.27. The minimum absolute atomic E-state index is 0.0260. The molecule has 0 spiro atoms. The highest BCUT2D eigenvalue weighted by atomic mass is 16.5. The molecule has 0 aliphatic heterocycles. The second-order valence-corrected chi connectivity index (χ2v) is 4.15. The van der Waals surface area contributed by atoms with Crippen molar-refractivity contribution in [2.75, 3.05) is 6.61 Å². The lowest BCUT2D eigenvalue weighted by Crippen LogP contribution is -2.30. The smallest absolute Gasteiger partial charge is 0.488 e. The molecule has 0 aliphatic rings. The SMILES string of the molecule is Cc1cc(B(O)O)cc(C)c1OCC(C)N. The van der Waals surface area contributed by atoms with E-state index >= 15 is 0 Å². The largest absolute Gasteiger partial charge is 0.491 e. The van der Waals surface area contributed by atoms with Crippen LogP contribution in [-0.2, 0) is 0 Å². The molecule has 4 N–H and O–H groups in total. The van der Waals surface area contributed by atoms with Gasteiger partial charge in [0.1, 0.15) is 12.4 Å². The summed E-state index contributed by atoms with van der Waals surface area (Å²) in [5.74, 6) is 0.765. The van der Waals surface area contributed by atoms with Crippen LogP contribution in [0.4, 0.5) is 0 Å². The molecule has 88 valence electrons. The molecule has 4 nitrogen and oxygen atoms in total. The van der Waals surface area contributed by atoms with Crippen molar-refractivity contribution >= 4 is 12.6 Å². The zero-order chi connectivity index (χ0) is 12.3. The Kier molecular flexibility index (Phi) is 4.35. The zero-order valence-corrected chi connectivity index (χ0v) is 9.90. The van der Waals surface area contributed by atoms with E-state index in [1.54, 1.807) is 12.1 Å². The lowest BCUT2D eigenvalue weighted by atomic mass is 9.78. The number of rotatable bonds is 4. The van der Waals surface area contributed by atoms with Crippen LogP contribution in [0.15, 0.2) is 12.1 Å². The molecule has 0 aliphatic carbocycles. The molecule has 1 rings (SSSR count). The predicted molar refractivity (Wildman–Crippen MR) is 64.9 cm³/mol. The molecule has 0 aromatic heterocycles. The topological polar surface area (TPSA) is 75.7 Å². The highest BCUT2D eigenvalue weighted by Crippen LogP contribution is 2.21. The summed E-state index contributed by atoms with van der Waals surface area (Å²) in [6, 6.07) is 3.38. The van der Waals surface area contributed by atoms with Gasteiger partial charge in [-0.15, -0.1) is 0 Å². The van der Waals surface area contributed by atoms with Gasteiger partial charge in [-0.05, 0) is 37.4 Å². The van der Waals surface area contributed by atoms with Crippen LogP contribution >= 0.6 is 0 Å². The number of hydrogen-bond acceptors (Lipinski definition) is 4. The molecule has 5 heteroatoms. The van der Waals surface area contributed by atoms with Gasteiger partial charge in [0, 0.05) is 6.04 Å². The average molecular weight is 223 g/mol. The van der Waals surface area contributed by atoms with E-state index in [0.717, 1.165) is 16.9 Å². The maximum atomic E-state index is 9.08. The van der Waals surface area contributed by atoms with E-state index in [0.29, 0.717) is 12.1 Å². The van der Waals surface area contributed by atoms with E-state index < -0.39 is 7.12 Å². The molecule has 0 saturated heterocycles. The maximum absolute atomic E-state index is 9.08. The molecule has 0 bridgehead atoms. The van der Waals surface area contributed by atoms with Gasteiger partial charge in [-0.1, -0.05) is 12.1 Å². The molecule has 0 heterocycles. The number of nitrogens with two attached hydrogens (primary N) is 1. The van der Waals surface area contributed by atoms with Crippen LogP contribution in [-0.4, -0.2) is 29.8 Å². The second-order valence-electron chi connectivity index (χ2n) is 4.15. The van der Waals surface area contributed by atoms with E-state index in [1.807, 2.05) is 20.8 Å². The molecule has 1 unspecified atom stereocenters. The Balaban J connectivity index is 2.94. The van der Waals surface area contributed by atoms with Crippen molar-refractivity contribution in [1.82, 2.24) is 0 Å². The van der Waals surface area contributed by atoms with Crippen molar-refractivity contribution in [3.05, 3.63) is 23.3 Å². The highest BCUT2D eigenvalue weighted by Gasteiger charge is 2.15. The van der Waals surface area contributed by atoms with Crippen molar-refractivity contribution in [2.45, 2.75) is 26.8 Å². The second kappa shape index (κ2) is 5.34. The van der Waals surface area contributed by atoms with Crippen molar-refractivity contribution in [1.29, 1.82) is 0 Å². The van der Waals surface area contributed by atoms with E-state index in [2.05, 4.69) is 0 Å².